The number of nitrogens with zero attached hydrogens (tertiary/aromatic N) is 1. The van der Waals surface area contributed by atoms with E-state index >= 15 is 0 Å². The molecule has 0 saturated heterocycles. The smallest absolute Gasteiger partial charge is 0.311 e. The molecule has 1 aromatic carbocycles. The zero-order valence-corrected chi connectivity index (χ0v) is 16.2. The topological polar surface area (TPSA) is 38.8 Å². The van der Waals surface area contributed by atoms with Crippen molar-refractivity contribution >= 4 is 5.97 Å². The van der Waals surface area contributed by atoms with Crippen molar-refractivity contribution in [2.75, 3.05) is 13.3 Å². The number of allylic oxidation sites excluding steroid dienone is 1. The number of esters is 1. The summed E-state index contributed by atoms with van der Waals surface area (Å²) in [5, 5.41) is 0. The van der Waals surface area contributed by atoms with Crippen LogP contribution in [0.5, 0.6) is 11.5 Å². The molecule has 2 rings (SSSR count). The molecule has 144 valence electrons. The molecule has 0 fully saturated rings. The van der Waals surface area contributed by atoms with Gasteiger partial charge in [-0.3, -0.25) is 9.69 Å². The van der Waals surface area contributed by atoms with Crippen LogP contribution in [0.2, 0.25) is 0 Å². The Morgan fingerprint density at radius 1 is 1.23 bits per heavy atom. The number of carbonyl (C=O) groups excluding carboxylic acids is 1. The largest absolute Gasteiger partial charge is 0.478 e. The highest BCUT2D eigenvalue weighted by atomic mass is 16.5. The first-order valence-corrected chi connectivity index (χ1v) is 10.0. The van der Waals surface area contributed by atoms with Crippen LogP contribution in [0.1, 0.15) is 70.3 Å². The summed E-state index contributed by atoms with van der Waals surface area (Å²) in [6.07, 6.45) is 11.6. The predicted molar refractivity (Wildman–Crippen MR) is 105 cm³/mol. The third kappa shape index (κ3) is 7.20. The SMILES string of the molecule is C=CCCCCCCCCC(=O)Oc1ccc2c(c1)CN(CCC)CO2. The van der Waals surface area contributed by atoms with E-state index in [4.69, 9.17) is 9.47 Å². The van der Waals surface area contributed by atoms with Gasteiger partial charge < -0.3 is 9.47 Å². The van der Waals surface area contributed by atoms with Crippen LogP contribution in [0.4, 0.5) is 0 Å². The van der Waals surface area contributed by atoms with Gasteiger partial charge in [-0.15, -0.1) is 6.58 Å². The van der Waals surface area contributed by atoms with Gasteiger partial charge in [0.05, 0.1) is 0 Å². The van der Waals surface area contributed by atoms with Gasteiger partial charge in [0, 0.05) is 25.1 Å². The molecular formula is C22H33NO3. The number of hydrogen-bond acceptors (Lipinski definition) is 4. The van der Waals surface area contributed by atoms with Crippen LogP contribution in [-0.2, 0) is 11.3 Å². The summed E-state index contributed by atoms with van der Waals surface area (Å²) < 4.78 is 11.3. The Hall–Kier alpha value is -1.81. The minimum atomic E-state index is -0.140. The number of unbranched alkanes of at least 4 members (excludes halogenated alkanes) is 6. The van der Waals surface area contributed by atoms with Crippen molar-refractivity contribution in [1.29, 1.82) is 0 Å². The van der Waals surface area contributed by atoms with Crippen LogP contribution in [0, 0.1) is 0 Å². The monoisotopic (exact) mass is 359 g/mol. The lowest BCUT2D eigenvalue weighted by molar-refractivity contribution is -0.134. The van der Waals surface area contributed by atoms with Crippen LogP contribution in [0.3, 0.4) is 0 Å². The van der Waals surface area contributed by atoms with Crippen molar-refractivity contribution in [2.24, 2.45) is 0 Å². The highest BCUT2D eigenvalue weighted by Gasteiger charge is 2.17. The first-order valence-electron chi connectivity index (χ1n) is 10.0. The second kappa shape index (κ2) is 11.7. The second-order valence-electron chi connectivity index (χ2n) is 7.02. The van der Waals surface area contributed by atoms with Gasteiger partial charge in [-0.1, -0.05) is 38.7 Å². The van der Waals surface area contributed by atoms with E-state index in [1.807, 2.05) is 24.3 Å². The summed E-state index contributed by atoms with van der Waals surface area (Å²) in [7, 11) is 0. The average molecular weight is 360 g/mol. The summed E-state index contributed by atoms with van der Waals surface area (Å²) in [6.45, 7) is 8.39. The highest BCUT2D eigenvalue weighted by Crippen LogP contribution is 2.29. The molecule has 4 nitrogen and oxygen atoms in total. The van der Waals surface area contributed by atoms with Crippen molar-refractivity contribution in [3.8, 4) is 11.5 Å². The highest BCUT2D eigenvalue weighted by molar-refractivity contribution is 5.72. The molecule has 1 aliphatic rings. The zero-order chi connectivity index (χ0) is 18.6. The Morgan fingerprint density at radius 3 is 2.77 bits per heavy atom. The first-order chi connectivity index (χ1) is 12.7. The van der Waals surface area contributed by atoms with Crippen molar-refractivity contribution in [1.82, 2.24) is 4.90 Å². The lowest BCUT2D eigenvalue weighted by Gasteiger charge is -2.28. The van der Waals surface area contributed by atoms with Gasteiger partial charge in [0.25, 0.3) is 0 Å². The third-order valence-corrected chi connectivity index (χ3v) is 4.64. The summed E-state index contributed by atoms with van der Waals surface area (Å²) in [5.74, 6) is 1.38. The quantitative estimate of drug-likeness (QED) is 0.215. The number of ether oxygens (including phenoxy) is 2. The maximum Gasteiger partial charge on any atom is 0.311 e. The fraction of sp³-hybridized carbons (Fsp3) is 0.591. The van der Waals surface area contributed by atoms with Crippen molar-refractivity contribution < 1.29 is 14.3 Å². The van der Waals surface area contributed by atoms with E-state index in [1.54, 1.807) is 0 Å². The molecule has 0 radical (unpaired) electrons. The fourth-order valence-corrected chi connectivity index (χ4v) is 3.24. The Bertz CT molecular complexity index is 571. The van der Waals surface area contributed by atoms with Gasteiger partial charge >= 0.3 is 5.97 Å². The molecule has 26 heavy (non-hydrogen) atoms. The van der Waals surface area contributed by atoms with E-state index in [0.29, 0.717) is 18.9 Å². The van der Waals surface area contributed by atoms with Crippen LogP contribution in [0.25, 0.3) is 0 Å². The van der Waals surface area contributed by atoms with Crippen molar-refractivity contribution in [2.45, 2.75) is 71.3 Å². The van der Waals surface area contributed by atoms with E-state index in [1.165, 1.54) is 25.7 Å². The molecule has 0 amide bonds. The molecule has 4 heteroatoms. The van der Waals surface area contributed by atoms with Gasteiger partial charge in [-0.2, -0.15) is 0 Å². The van der Waals surface area contributed by atoms with E-state index in [9.17, 15) is 4.79 Å². The Labute approximate surface area is 158 Å². The molecule has 0 bridgehead atoms. The van der Waals surface area contributed by atoms with E-state index < -0.39 is 0 Å². The lowest BCUT2D eigenvalue weighted by atomic mass is 10.1. The zero-order valence-electron chi connectivity index (χ0n) is 16.2. The van der Waals surface area contributed by atoms with Crippen LogP contribution in [-0.4, -0.2) is 24.1 Å². The van der Waals surface area contributed by atoms with Gasteiger partial charge in [-0.05, 0) is 43.9 Å². The van der Waals surface area contributed by atoms with Gasteiger partial charge in [0.1, 0.15) is 18.2 Å². The van der Waals surface area contributed by atoms with E-state index in [0.717, 1.165) is 50.1 Å². The minimum absolute atomic E-state index is 0.140. The van der Waals surface area contributed by atoms with Crippen LogP contribution >= 0.6 is 0 Å². The summed E-state index contributed by atoms with van der Waals surface area (Å²) in [5.41, 5.74) is 1.09. The normalized spacial score (nSPS) is 13.7. The molecule has 0 N–H and O–H groups in total. The molecule has 1 aliphatic heterocycles. The fourth-order valence-electron chi connectivity index (χ4n) is 3.24. The number of hydrogen-bond donors (Lipinski definition) is 0. The standard InChI is InChI=1S/C22H33NO3/c1-3-5-6-7-8-9-10-11-12-22(24)26-20-13-14-21-19(16-20)17-23(15-4-2)18-25-21/h3,13-14,16H,1,4-12,15,17-18H2,2H3. The molecule has 0 unspecified atom stereocenters. The van der Waals surface area contributed by atoms with Crippen LogP contribution < -0.4 is 9.47 Å². The summed E-state index contributed by atoms with van der Waals surface area (Å²) in [6, 6.07) is 5.67. The first kappa shape index (κ1) is 20.5. The lowest BCUT2D eigenvalue weighted by Crippen LogP contribution is -2.32. The summed E-state index contributed by atoms with van der Waals surface area (Å²) in [4.78, 5) is 14.3. The summed E-state index contributed by atoms with van der Waals surface area (Å²) >= 11 is 0. The number of fused-ring (bicyclic) bond motifs is 1. The number of rotatable bonds is 12. The molecule has 0 aromatic heterocycles. The van der Waals surface area contributed by atoms with Gasteiger partial charge in [-0.25, -0.2) is 0 Å². The van der Waals surface area contributed by atoms with Gasteiger partial charge in [0.2, 0.25) is 0 Å². The molecular weight excluding hydrogens is 326 g/mol. The molecule has 1 aromatic rings. The van der Waals surface area contributed by atoms with E-state index in [2.05, 4.69) is 18.4 Å². The average Bonchev–Trinajstić information content (AvgIpc) is 2.64. The number of benzene rings is 1. The molecule has 0 atom stereocenters. The molecule has 0 aliphatic carbocycles. The van der Waals surface area contributed by atoms with Crippen molar-refractivity contribution in [3.63, 3.8) is 0 Å². The predicted octanol–water partition coefficient (Wildman–Crippen LogP) is 5.46. The van der Waals surface area contributed by atoms with Gasteiger partial charge in [0.15, 0.2) is 0 Å². The Balaban J connectivity index is 1.67. The Morgan fingerprint density at radius 2 is 2.00 bits per heavy atom. The van der Waals surface area contributed by atoms with Crippen LogP contribution in [0.15, 0.2) is 30.9 Å². The molecule has 1 heterocycles. The number of carbonyl (C=O) groups is 1. The molecule has 0 saturated carbocycles. The Kier molecular flexibility index (Phi) is 9.26. The second-order valence-corrected chi connectivity index (χ2v) is 7.02. The maximum atomic E-state index is 12.0. The third-order valence-electron chi connectivity index (χ3n) is 4.64. The van der Waals surface area contributed by atoms with E-state index in [-0.39, 0.29) is 5.97 Å². The van der Waals surface area contributed by atoms with Crippen molar-refractivity contribution in [3.05, 3.63) is 36.4 Å². The maximum absolute atomic E-state index is 12.0. The molecule has 0 spiro atoms. The minimum Gasteiger partial charge on any atom is -0.478 e.